The molecule has 0 aromatic carbocycles. The van der Waals surface area contributed by atoms with Gasteiger partial charge in [-0.25, -0.2) is 4.79 Å². The molecule has 1 N–H and O–H groups in total. The molecule has 0 radical (unpaired) electrons. The van der Waals surface area contributed by atoms with E-state index in [-0.39, 0.29) is 5.92 Å². The van der Waals surface area contributed by atoms with Gasteiger partial charge in [0.25, 0.3) is 0 Å². The van der Waals surface area contributed by atoms with Crippen LogP contribution in [0, 0.1) is 5.92 Å². The average molecular weight is 202 g/mol. The number of carboxylic acids is 1. The van der Waals surface area contributed by atoms with Crippen molar-refractivity contribution in [3.8, 4) is 0 Å². The molecule has 0 aromatic heterocycles. The van der Waals surface area contributed by atoms with Crippen LogP contribution in [0.3, 0.4) is 0 Å². The van der Waals surface area contributed by atoms with Gasteiger partial charge in [-0.15, -0.1) is 0 Å². The molecule has 1 fully saturated rings. The number of rotatable bonds is 4. The molecule has 80 valence electrons. The molecule has 1 aliphatic rings. The molecular weight excluding hydrogens is 188 g/mol. The van der Waals surface area contributed by atoms with E-state index < -0.39 is 18.4 Å². The van der Waals surface area contributed by atoms with Gasteiger partial charge >= 0.3 is 5.97 Å². The van der Waals surface area contributed by atoms with E-state index >= 15 is 0 Å². The van der Waals surface area contributed by atoms with E-state index in [1.807, 2.05) is 0 Å². The third-order valence-corrected chi connectivity index (χ3v) is 2.17. The van der Waals surface area contributed by atoms with E-state index in [1.54, 1.807) is 0 Å². The molecule has 0 spiro atoms. The summed E-state index contributed by atoms with van der Waals surface area (Å²) in [5.41, 5.74) is 0. The van der Waals surface area contributed by atoms with Crippen LogP contribution in [0.5, 0.6) is 0 Å². The van der Waals surface area contributed by atoms with Crippen molar-refractivity contribution in [3.63, 3.8) is 0 Å². The third-order valence-electron chi connectivity index (χ3n) is 2.17. The molecular formula is C9H14O5. The molecule has 0 aliphatic carbocycles. The largest absolute Gasteiger partial charge is 0.479 e. The molecule has 14 heavy (non-hydrogen) atoms. The first-order valence-electron chi connectivity index (χ1n) is 4.60. The highest BCUT2D eigenvalue weighted by molar-refractivity contribution is 5.71. The van der Waals surface area contributed by atoms with E-state index in [0.29, 0.717) is 13.0 Å². The number of carbonyl (C=O) groups excluding carboxylic acids is 1. The lowest BCUT2D eigenvalue weighted by molar-refractivity contribution is -0.214. The molecule has 1 saturated heterocycles. The Balaban J connectivity index is 2.47. The topological polar surface area (TPSA) is 72.8 Å². The minimum atomic E-state index is -1.05. The number of carboxylic acid groups (broad SMARTS) is 1. The van der Waals surface area contributed by atoms with Crippen LogP contribution in [-0.2, 0) is 19.1 Å². The fourth-order valence-electron chi connectivity index (χ4n) is 1.31. The molecule has 0 amide bonds. The fraction of sp³-hybridized carbons (Fsp3) is 0.778. The van der Waals surface area contributed by atoms with E-state index in [9.17, 15) is 9.59 Å². The second kappa shape index (κ2) is 5.07. The lowest BCUT2D eigenvalue weighted by Crippen LogP contribution is -2.37. The summed E-state index contributed by atoms with van der Waals surface area (Å²) in [5, 5.41) is 8.60. The van der Waals surface area contributed by atoms with Gasteiger partial charge in [0.05, 0.1) is 5.92 Å². The van der Waals surface area contributed by atoms with Crippen molar-refractivity contribution in [1.29, 1.82) is 0 Å². The number of hydrogen-bond donors (Lipinski definition) is 1. The first kappa shape index (κ1) is 11.1. The summed E-state index contributed by atoms with van der Waals surface area (Å²) in [6, 6.07) is 0. The van der Waals surface area contributed by atoms with Gasteiger partial charge in [-0.05, 0) is 19.8 Å². The standard InChI is InChI=1S/C9H14O5/c1-6(8(11)12)14-9-7(5-10)3-2-4-13-9/h5-7,9H,2-4H2,1H3,(H,11,12). The zero-order valence-electron chi connectivity index (χ0n) is 8.01. The SMILES string of the molecule is CC(OC1OCCCC1C=O)C(=O)O. The van der Waals surface area contributed by atoms with Crippen LogP contribution in [0.25, 0.3) is 0 Å². The third kappa shape index (κ3) is 2.78. The van der Waals surface area contributed by atoms with Crippen molar-refractivity contribution >= 4 is 12.3 Å². The molecule has 0 bridgehead atoms. The van der Waals surface area contributed by atoms with E-state index in [4.69, 9.17) is 14.6 Å². The number of ether oxygens (including phenoxy) is 2. The second-order valence-corrected chi connectivity index (χ2v) is 3.30. The molecule has 1 heterocycles. The van der Waals surface area contributed by atoms with E-state index in [2.05, 4.69) is 0 Å². The van der Waals surface area contributed by atoms with Crippen LogP contribution in [0.1, 0.15) is 19.8 Å². The zero-order chi connectivity index (χ0) is 10.6. The van der Waals surface area contributed by atoms with Crippen molar-refractivity contribution in [2.24, 2.45) is 5.92 Å². The van der Waals surface area contributed by atoms with Gasteiger partial charge in [-0.1, -0.05) is 0 Å². The van der Waals surface area contributed by atoms with Gasteiger partial charge in [0.1, 0.15) is 6.29 Å². The minimum Gasteiger partial charge on any atom is -0.479 e. The Morgan fingerprint density at radius 1 is 1.71 bits per heavy atom. The normalized spacial score (nSPS) is 29.5. The smallest absolute Gasteiger partial charge is 0.332 e. The summed E-state index contributed by atoms with van der Waals surface area (Å²) in [5.74, 6) is -1.39. The summed E-state index contributed by atoms with van der Waals surface area (Å²) < 4.78 is 10.3. The number of aliphatic carboxylic acids is 1. The molecule has 0 aromatic rings. The lowest BCUT2D eigenvalue weighted by Gasteiger charge is -2.29. The fourth-order valence-corrected chi connectivity index (χ4v) is 1.31. The van der Waals surface area contributed by atoms with Crippen LogP contribution >= 0.6 is 0 Å². The maximum absolute atomic E-state index is 10.6. The van der Waals surface area contributed by atoms with Crippen LogP contribution < -0.4 is 0 Å². The van der Waals surface area contributed by atoms with Gasteiger partial charge in [0.15, 0.2) is 12.4 Å². The molecule has 3 atom stereocenters. The van der Waals surface area contributed by atoms with Gasteiger partial charge in [0.2, 0.25) is 0 Å². The van der Waals surface area contributed by atoms with Gasteiger partial charge in [-0.3, -0.25) is 0 Å². The summed E-state index contributed by atoms with van der Waals surface area (Å²) >= 11 is 0. The molecule has 1 rings (SSSR count). The van der Waals surface area contributed by atoms with E-state index in [1.165, 1.54) is 6.92 Å². The van der Waals surface area contributed by atoms with Crippen LogP contribution in [0.4, 0.5) is 0 Å². The molecule has 0 saturated carbocycles. The Hall–Kier alpha value is -0.940. The maximum Gasteiger partial charge on any atom is 0.332 e. The zero-order valence-corrected chi connectivity index (χ0v) is 8.01. The molecule has 5 heteroatoms. The van der Waals surface area contributed by atoms with E-state index in [0.717, 1.165) is 12.7 Å². The quantitative estimate of drug-likeness (QED) is 0.669. The number of carbonyl (C=O) groups is 2. The summed E-state index contributed by atoms with van der Waals surface area (Å²) in [7, 11) is 0. The van der Waals surface area contributed by atoms with Crippen LogP contribution in [-0.4, -0.2) is 36.4 Å². The molecule has 3 unspecified atom stereocenters. The van der Waals surface area contributed by atoms with Gasteiger partial charge < -0.3 is 19.4 Å². The highest BCUT2D eigenvalue weighted by Crippen LogP contribution is 2.20. The van der Waals surface area contributed by atoms with Gasteiger partial charge in [-0.2, -0.15) is 0 Å². The van der Waals surface area contributed by atoms with Crippen molar-refractivity contribution < 1.29 is 24.2 Å². The summed E-state index contributed by atoms with van der Waals surface area (Å²) in [4.78, 5) is 21.1. The molecule has 5 nitrogen and oxygen atoms in total. The summed E-state index contributed by atoms with van der Waals surface area (Å²) in [6.07, 6.45) is 0.622. The highest BCUT2D eigenvalue weighted by atomic mass is 16.7. The second-order valence-electron chi connectivity index (χ2n) is 3.30. The maximum atomic E-state index is 10.6. The number of hydrogen-bond acceptors (Lipinski definition) is 4. The first-order valence-corrected chi connectivity index (χ1v) is 4.60. The predicted molar refractivity (Wildman–Crippen MR) is 46.7 cm³/mol. The predicted octanol–water partition coefficient (Wildman–Crippen LogP) is 0.428. The van der Waals surface area contributed by atoms with Gasteiger partial charge in [0, 0.05) is 6.61 Å². The number of aldehydes is 1. The van der Waals surface area contributed by atoms with Crippen LogP contribution in [0.15, 0.2) is 0 Å². The Morgan fingerprint density at radius 2 is 2.43 bits per heavy atom. The monoisotopic (exact) mass is 202 g/mol. The molecule has 1 aliphatic heterocycles. The Morgan fingerprint density at radius 3 is 3.00 bits per heavy atom. The average Bonchev–Trinajstić information content (AvgIpc) is 2.18. The minimum absolute atomic E-state index is 0.342. The van der Waals surface area contributed by atoms with Crippen molar-refractivity contribution in [2.45, 2.75) is 32.2 Å². The Labute approximate surface area is 82.0 Å². The summed E-state index contributed by atoms with van der Waals surface area (Å²) in [6.45, 7) is 1.93. The Kier molecular flexibility index (Phi) is 4.03. The van der Waals surface area contributed by atoms with Crippen LogP contribution in [0.2, 0.25) is 0 Å². The van der Waals surface area contributed by atoms with Crippen molar-refractivity contribution in [1.82, 2.24) is 0 Å². The van der Waals surface area contributed by atoms with Crippen molar-refractivity contribution in [2.75, 3.05) is 6.61 Å². The highest BCUT2D eigenvalue weighted by Gasteiger charge is 2.29. The first-order chi connectivity index (χ1) is 6.65. The van der Waals surface area contributed by atoms with Crippen molar-refractivity contribution in [3.05, 3.63) is 0 Å². The lowest BCUT2D eigenvalue weighted by atomic mass is 10.0. The Bertz CT molecular complexity index is 215.